The van der Waals surface area contributed by atoms with E-state index in [1.807, 2.05) is 27.9 Å². The van der Waals surface area contributed by atoms with E-state index in [1.165, 1.54) is 19.3 Å². The number of rotatable bonds is 5. The normalized spacial score (nSPS) is 23.4. The molecule has 6 rings (SSSR count). The molecule has 2 bridgehead atoms. The van der Waals surface area contributed by atoms with Crippen molar-refractivity contribution in [1.82, 2.24) is 34.2 Å². The Labute approximate surface area is 193 Å². The number of carbonyl (C=O) groups is 1. The van der Waals surface area contributed by atoms with Crippen LogP contribution in [0.2, 0.25) is 0 Å². The van der Waals surface area contributed by atoms with Crippen LogP contribution in [0.3, 0.4) is 0 Å². The maximum absolute atomic E-state index is 12.6. The van der Waals surface area contributed by atoms with Gasteiger partial charge in [-0.2, -0.15) is 10.1 Å². The number of aromatic nitrogens is 5. The van der Waals surface area contributed by atoms with E-state index in [-0.39, 0.29) is 12.5 Å². The number of piperazine rings is 1. The summed E-state index contributed by atoms with van der Waals surface area (Å²) in [6.45, 7) is 5.84. The van der Waals surface area contributed by atoms with Crippen molar-refractivity contribution in [3.63, 3.8) is 0 Å². The molecule has 3 aliphatic rings. The van der Waals surface area contributed by atoms with E-state index in [2.05, 4.69) is 38.4 Å². The van der Waals surface area contributed by atoms with Gasteiger partial charge in [0.05, 0.1) is 17.6 Å². The molecule has 0 radical (unpaired) electrons. The lowest BCUT2D eigenvalue weighted by Crippen LogP contribution is -2.48. The third-order valence-electron chi connectivity index (χ3n) is 7.33. The van der Waals surface area contributed by atoms with Crippen molar-refractivity contribution in [2.45, 2.75) is 25.8 Å². The Bertz CT molecular complexity index is 1130. The number of pyridine rings is 1. The summed E-state index contributed by atoms with van der Waals surface area (Å²) < 4.78 is 3.52. The first-order valence-electron chi connectivity index (χ1n) is 12.0. The molecule has 5 heterocycles. The molecular formula is C23H31N9O. The van der Waals surface area contributed by atoms with Crippen molar-refractivity contribution in [3.8, 4) is 0 Å². The van der Waals surface area contributed by atoms with Crippen LogP contribution >= 0.6 is 0 Å². The number of nitrogens with zero attached hydrogens (tertiary/aromatic N) is 8. The van der Waals surface area contributed by atoms with Crippen molar-refractivity contribution in [2.24, 2.45) is 11.8 Å². The van der Waals surface area contributed by atoms with Crippen LogP contribution in [0.1, 0.15) is 19.3 Å². The summed E-state index contributed by atoms with van der Waals surface area (Å²) >= 11 is 0. The van der Waals surface area contributed by atoms with Gasteiger partial charge in [-0.1, -0.05) is 0 Å². The fourth-order valence-corrected chi connectivity index (χ4v) is 5.53. The second-order valence-corrected chi connectivity index (χ2v) is 9.78. The molecule has 1 amide bonds. The molecule has 1 aliphatic carbocycles. The molecule has 1 saturated carbocycles. The molecule has 3 fully saturated rings. The maximum Gasteiger partial charge on any atom is 0.247 e. The first-order valence-corrected chi connectivity index (χ1v) is 12.0. The molecule has 33 heavy (non-hydrogen) atoms. The summed E-state index contributed by atoms with van der Waals surface area (Å²) in [5.74, 6) is 2.25. The lowest BCUT2D eigenvalue weighted by atomic mass is 9.98. The van der Waals surface area contributed by atoms with Gasteiger partial charge in [-0.05, 0) is 50.3 Å². The molecule has 2 saturated heterocycles. The number of hydrogen-bond acceptors (Lipinski definition) is 7. The predicted octanol–water partition coefficient (Wildman–Crippen LogP) is 1.68. The van der Waals surface area contributed by atoms with Crippen LogP contribution in [0.15, 0.2) is 30.7 Å². The summed E-state index contributed by atoms with van der Waals surface area (Å²) in [6, 6.07) is 4.19. The third-order valence-corrected chi connectivity index (χ3v) is 7.33. The Kier molecular flexibility index (Phi) is 5.17. The van der Waals surface area contributed by atoms with Gasteiger partial charge in [-0.25, -0.2) is 4.52 Å². The minimum Gasteiger partial charge on any atom is -0.368 e. The molecule has 10 nitrogen and oxygen atoms in total. The van der Waals surface area contributed by atoms with Crippen molar-refractivity contribution in [2.75, 3.05) is 56.5 Å². The molecule has 1 N–H and O–H groups in total. The Morgan fingerprint density at radius 3 is 2.73 bits per heavy atom. The van der Waals surface area contributed by atoms with E-state index in [1.54, 1.807) is 10.9 Å². The number of amides is 1. The highest BCUT2D eigenvalue weighted by molar-refractivity contribution is 5.76. The molecular weight excluding hydrogens is 418 g/mol. The number of fused-ring (bicyclic) bond motifs is 3. The van der Waals surface area contributed by atoms with Crippen LogP contribution in [0.5, 0.6) is 0 Å². The van der Waals surface area contributed by atoms with Crippen LogP contribution in [0, 0.1) is 11.8 Å². The largest absolute Gasteiger partial charge is 0.368 e. The Morgan fingerprint density at radius 2 is 1.94 bits per heavy atom. The topological polar surface area (TPSA) is 86.8 Å². The van der Waals surface area contributed by atoms with Crippen LogP contribution in [0.4, 0.5) is 17.3 Å². The highest BCUT2D eigenvalue weighted by atomic mass is 16.2. The first-order chi connectivity index (χ1) is 16.1. The van der Waals surface area contributed by atoms with Crippen LogP contribution in [-0.2, 0) is 11.3 Å². The molecule has 0 aromatic carbocycles. The van der Waals surface area contributed by atoms with Crippen LogP contribution in [0.25, 0.3) is 5.65 Å². The molecule has 3 aromatic heterocycles. The van der Waals surface area contributed by atoms with Crippen LogP contribution < -0.4 is 10.2 Å². The molecule has 3 aromatic rings. The minimum atomic E-state index is 0.101. The van der Waals surface area contributed by atoms with E-state index < -0.39 is 0 Å². The summed E-state index contributed by atoms with van der Waals surface area (Å²) in [7, 11) is 2.08. The second kappa shape index (κ2) is 8.33. The lowest BCUT2D eigenvalue weighted by Gasteiger charge is -2.33. The van der Waals surface area contributed by atoms with E-state index >= 15 is 0 Å². The average molecular weight is 450 g/mol. The molecule has 2 atom stereocenters. The summed E-state index contributed by atoms with van der Waals surface area (Å²) in [4.78, 5) is 24.0. The smallest absolute Gasteiger partial charge is 0.247 e. The van der Waals surface area contributed by atoms with E-state index in [0.29, 0.717) is 5.95 Å². The summed E-state index contributed by atoms with van der Waals surface area (Å²) in [6.07, 6.45) is 9.57. The van der Waals surface area contributed by atoms with Gasteiger partial charge in [0.25, 0.3) is 0 Å². The van der Waals surface area contributed by atoms with Gasteiger partial charge in [0.2, 0.25) is 11.9 Å². The van der Waals surface area contributed by atoms with E-state index in [9.17, 15) is 4.79 Å². The van der Waals surface area contributed by atoms with Crippen molar-refractivity contribution in [1.29, 1.82) is 0 Å². The van der Waals surface area contributed by atoms with E-state index in [4.69, 9.17) is 4.98 Å². The zero-order valence-electron chi connectivity index (χ0n) is 19.1. The predicted molar refractivity (Wildman–Crippen MR) is 126 cm³/mol. The van der Waals surface area contributed by atoms with Gasteiger partial charge in [-0.15, -0.1) is 5.10 Å². The molecule has 2 aliphatic heterocycles. The Morgan fingerprint density at radius 1 is 1.15 bits per heavy atom. The standard InChI is InChI=1S/C23H31N9O/c1-28-7-9-29(10-8-28)21(33)16-31-15-19(12-24-31)25-23-26-22-20(3-2-6-32(22)27-23)30-13-17-4-5-18(11-17)14-30/h2-3,6,12,15,17-18H,4-5,7-11,13-14,16H2,1H3,(H,25,27)/t17-,18?/m1/s1. The van der Waals surface area contributed by atoms with Gasteiger partial charge in [0, 0.05) is 51.7 Å². The highest BCUT2D eigenvalue weighted by Crippen LogP contribution is 2.39. The Balaban J connectivity index is 1.14. The van der Waals surface area contributed by atoms with Gasteiger partial charge in [-0.3, -0.25) is 9.48 Å². The number of carbonyl (C=O) groups excluding carboxylic acids is 1. The van der Waals surface area contributed by atoms with Crippen molar-refractivity contribution in [3.05, 3.63) is 30.7 Å². The van der Waals surface area contributed by atoms with Gasteiger partial charge >= 0.3 is 0 Å². The fraction of sp³-hybridized carbons (Fsp3) is 0.565. The zero-order valence-corrected chi connectivity index (χ0v) is 19.1. The first kappa shape index (κ1) is 20.5. The number of hydrogen-bond donors (Lipinski definition) is 1. The van der Waals surface area contributed by atoms with Gasteiger partial charge in [0.1, 0.15) is 6.54 Å². The summed E-state index contributed by atoms with van der Waals surface area (Å²) in [5, 5.41) is 12.2. The fourth-order valence-electron chi connectivity index (χ4n) is 5.53. The summed E-state index contributed by atoms with van der Waals surface area (Å²) in [5.41, 5.74) is 2.80. The molecule has 174 valence electrons. The van der Waals surface area contributed by atoms with E-state index in [0.717, 1.165) is 68.1 Å². The monoisotopic (exact) mass is 449 g/mol. The van der Waals surface area contributed by atoms with Crippen molar-refractivity contribution < 1.29 is 4.79 Å². The molecule has 1 unspecified atom stereocenters. The van der Waals surface area contributed by atoms with Crippen LogP contribution in [-0.4, -0.2) is 86.4 Å². The number of nitrogens with one attached hydrogen (secondary N) is 1. The lowest BCUT2D eigenvalue weighted by molar-refractivity contribution is -0.133. The number of likely N-dealkylation sites (N-methyl/N-ethyl adjacent to an activating group) is 1. The molecule has 10 heteroatoms. The van der Waals surface area contributed by atoms with Gasteiger partial charge in [0.15, 0.2) is 5.65 Å². The SMILES string of the molecule is CN1CCN(C(=O)Cn2cc(Nc3nc4c(N5CC6CC[C@H](C6)C5)cccn4n3)cn2)CC1. The zero-order chi connectivity index (χ0) is 22.4. The van der Waals surface area contributed by atoms with Gasteiger partial charge < -0.3 is 20.0 Å². The quantitative estimate of drug-likeness (QED) is 0.634. The average Bonchev–Trinajstić information content (AvgIpc) is 3.52. The third kappa shape index (κ3) is 4.15. The molecule has 0 spiro atoms. The Hall–Kier alpha value is -3.14. The number of piperidine rings is 1. The number of anilines is 3. The second-order valence-electron chi connectivity index (χ2n) is 9.78. The minimum absolute atomic E-state index is 0.101. The highest BCUT2D eigenvalue weighted by Gasteiger charge is 2.33. The maximum atomic E-state index is 12.6. The van der Waals surface area contributed by atoms with Crippen molar-refractivity contribution >= 4 is 28.9 Å².